The van der Waals surface area contributed by atoms with Crippen molar-refractivity contribution in [2.75, 3.05) is 0 Å². The average Bonchev–Trinajstić information content (AvgIpc) is 1.98. The van der Waals surface area contributed by atoms with Crippen molar-refractivity contribution in [1.29, 1.82) is 0 Å². The van der Waals surface area contributed by atoms with Crippen LogP contribution in [0.3, 0.4) is 0 Å². The molecule has 0 aliphatic rings. The van der Waals surface area contributed by atoms with Crippen molar-refractivity contribution in [1.82, 2.24) is 0 Å². The van der Waals surface area contributed by atoms with E-state index < -0.39 is 42.3 Å². The molecule has 0 aromatic carbocycles. The van der Waals surface area contributed by atoms with Crippen molar-refractivity contribution in [2.24, 2.45) is 0 Å². The van der Waals surface area contributed by atoms with E-state index in [4.69, 9.17) is 0 Å². The summed E-state index contributed by atoms with van der Waals surface area (Å²) in [7, 11) is 0. The normalized spacial score (nSPS) is 10.9. The second kappa shape index (κ2) is 14.5. The maximum atomic E-state index is 10.8. The van der Waals surface area contributed by atoms with E-state index in [1.165, 1.54) is 0 Å². The molecule has 0 aliphatic heterocycles. The van der Waals surface area contributed by atoms with E-state index in [2.05, 4.69) is 4.74 Å². The van der Waals surface area contributed by atoms with Crippen LogP contribution in [0.15, 0.2) is 0 Å². The number of hydrogen-bond acceptors (Lipinski definition) is 8. The molecule has 0 spiro atoms. The van der Waals surface area contributed by atoms with E-state index in [0.29, 0.717) is 0 Å². The van der Waals surface area contributed by atoms with Crippen molar-refractivity contribution in [2.45, 2.75) is 25.4 Å². The summed E-state index contributed by atoms with van der Waals surface area (Å²) in [6.45, 7) is 0.884. The summed E-state index contributed by atoms with van der Waals surface area (Å²) in [5.74, 6) is -6.45. The largest absolute Gasteiger partial charge is 1.00 e. The average molecular weight is 330 g/mol. The van der Waals surface area contributed by atoms with E-state index in [0.717, 1.165) is 6.92 Å². The fourth-order valence-electron chi connectivity index (χ4n) is 0.881. The van der Waals surface area contributed by atoms with Gasteiger partial charge in [0.25, 0.3) is 0 Å². The Morgan fingerprint density at radius 1 is 1.10 bits per heavy atom. The van der Waals surface area contributed by atoms with Crippen molar-refractivity contribution in [3.05, 3.63) is 0 Å². The summed E-state index contributed by atoms with van der Waals surface area (Å²) in [6, 6.07) is 0. The van der Waals surface area contributed by atoms with Gasteiger partial charge in [0.15, 0.2) is 0 Å². The number of rotatable bonds is 5. The van der Waals surface area contributed by atoms with Gasteiger partial charge in [-0.2, -0.15) is 0 Å². The Kier molecular flexibility index (Phi) is 23.6. The van der Waals surface area contributed by atoms with Gasteiger partial charge in [0, 0.05) is 19.3 Å². The number of carboxylic acid groups (broad SMARTS) is 2. The minimum Gasteiger partial charge on any atom is -0.550 e. The standard InChI is InChI=1S/C8H10O8.K.Na.2H2O/c1-4(9)16-6(12)3-8(15,7(13)14)2-5(10)11;;;;/h15H,2-3H2,1H3,(H,10,11)(H,13,14);;;2*1H2/q;2*+1;;/p-2. The van der Waals surface area contributed by atoms with Crippen molar-refractivity contribution < 1.29 is 131 Å². The van der Waals surface area contributed by atoms with Gasteiger partial charge in [-0.25, -0.2) is 0 Å². The zero-order valence-electron chi connectivity index (χ0n) is 11.2. The predicted molar refractivity (Wildman–Crippen MR) is 48.2 cm³/mol. The fraction of sp³-hybridized carbons (Fsp3) is 0.500. The van der Waals surface area contributed by atoms with Gasteiger partial charge < -0.3 is 40.6 Å². The fourth-order valence-corrected chi connectivity index (χ4v) is 0.881. The number of carboxylic acids is 2. The first kappa shape index (κ1) is 32.5. The number of carbonyl (C=O) groups is 4. The van der Waals surface area contributed by atoms with Crippen LogP contribution in [0.2, 0.25) is 0 Å². The molecule has 20 heavy (non-hydrogen) atoms. The molecule has 0 fully saturated rings. The minimum absolute atomic E-state index is 0. The first-order valence-corrected chi connectivity index (χ1v) is 4.02. The molecule has 0 radical (unpaired) electrons. The maximum Gasteiger partial charge on any atom is 1.00 e. The molecule has 0 bridgehead atoms. The zero-order chi connectivity index (χ0) is 12.9. The van der Waals surface area contributed by atoms with Crippen LogP contribution in [0.1, 0.15) is 19.8 Å². The zero-order valence-corrected chi connectivity index (χ0v) is 16.3. The quantitative estimate of drug-likeness (QED) is 0.290. The number of aliphatic hydroxyl groups is 1. The van der Waals surface area contributed by atoms with Crippen LogP contribution in [0, 0.1) is 0 Å². The summed E-state index contributed by atoms with van der Waals surface area (Å²) in [6.07, 6.45) is -2.56. The Bertz CT molecular complexity index is 346. The van der Waals surface area contributed by atoms with E-state index >= 15 is 0 Å². The van der Waals surface area contributed by atoms with E-state index in [1.807, 2.05) is 0 Å². The Hall–Kier alpha value is 0.596. The first-order valence-electron chi connectivity index (χ1n) is 4.02. The van der Waals surface area contributed by atoms with Gasteiger partial charge in [0.05, 0.1) is 12.4 Å². The van der Waals surface area contributed by atoms with Gasteiger partial charge in [-0.1, -0.05) is 0 Å². The van der Waals surface area contributed by atoms with Crippen LogP contribution < -0.4 is 91.2 Å². The van der Waals surface area contributed by atoms with Crippen molar-refractivity contribution >= 4 is 23.9 Å². The Labute approximate surface area is 178 Å². The Morgan fingerprint density at radius 2 is 1.50 bits per heavy atom. The minimum atomic E-state index is -2.95. The van der Waals surface area contributed by atoms with Gasteiger partial charge in [0.2, 0.25) is 0 Å². The van der Waals surface area contributed by atoms with Crippen LogP contribution >= 0.6 is 0 Å². The summed E-state index contributed by atoms with van der Waals surface area (Å²) in [5, 5.41) is 29.8. The number of aliphatic carboxylic acids is 2. The van der Waals surface area contributed by atoms with Crippen LogP contribution in [0.5, 0.6) is 0 Å². The molecule has 0 saturated carbocycles. The van der Waals surface area contributed by atoms with Crippen molar-refractivity contribution in [3.63, 3.8) is 0 Å². The topological polar surface area (TPSA) is 207 Å². The molecule has 0 rings (SSSR count). The number of carbonyl (C=O) groups excluding carboxylic acids is 4. The van der Waals surface area contributed by atoms with E-state index in [1.54, 1.807) is 0 Å². The Balaban J connectivity index is -0.000000187. The summed E-state index contributed by atoms with van der Waals surface area (Å²) in [4.78, 5) is 41.7. The molecular formula is C8H12KNaO10. The van der Waals surface area contributed by atoms with Crippen LogP contribution in [0.25, 0.3) is 0 Å². The molecule has 0 saturated heterocycles. The molecule has 1 atom stereocenters. The third-order valence-electron chi connectivity index (χ3n) is 1.51. The smallest absolute Gasteiger partial charge is 0.550 e. The summed E-state index contributed by atoms with van der Waals surface area (Å²) < 4.78 is 3.94. The first-order chi connectivity index (χ1) is 7.17. The molecule has 0 amide bonds. The van der Waals surface area contributed by atoms with Crippen LogP contribution in [-0.4, -0.2) is 45.5 Å². The van der Waals surface area contributed by atoms with E-state index in [9.17, 15) is 34.5 Å². The molecule has 0 aliphatic carbocycles. The third-order valence-corrected chi connectivity index (χ3v) is 1.51. The summed E-state index contributed by atoms with van der Waals surface area (Å²) in [5.41, 5.74) is -2.95. The molecule has 0 aromatic rings. The molecule has 1 unspecified atom stereocenters. The van der Waals surface area contributed by atoms with Gasteiger partial charge in [0.1, 0.15) is 5.60 Å². The Morgan fingerprint density at radius 3 is 1.75 bits per heavy atom. The second-order valence-electron chi connectivity index (χ2n) is 3.01. The SMILES string of the molecule is CC(=O)OC(=O)CC(O)(CC(=O)[O-])C(=O)[O-].O.O.[K+].[Na+]. The molecule has 0 heterocycles. The van der Waals surface area contributed by atoms with Gasteiger partial charge in [-0.05, 0) is 0 Å². The van der Waals surface area contributed by atoms with Crippen LogP contribution in [-0.2, 0) is 23.9 Å². The van der Waals surface area contributed by atoms with Gasteiger partial charge in [-0.15, -0.1) is 0 Å². The van der Waals surface area contributed by atoms with E-state index in [-0.39, 0.29) is 91.9 Å². The van der Waals surface area contributed by atoms with Crippen LogP contribution in [0.4, 0.5) is 0 Å². The maximum absolute atomic E-state index is 10.8. The predicted octanol–water partition coefficient (Wildman–Crippen LogP) is -11.6. The second-order valence-corrected chi connectivity index (χ2v) is 3.01. The third kappa shape index (κ3) is 13.6. The van der Waals surface area contributed by atoms with Gasteiger partial charge in [-0.3, -0.25) is 9.59 Å². The molecule has 0 aromatic heterocycles. The molecule has 10 nitrogen and oxygen atoms in total. The molecule has 106 valence electrons. The molecule has 5 N–H and O–H groups in total. The molecular weight excluding hydrogens is 318 g/mol. The number of ether oxygens (including phenoxy) is 1. The number of esters is 2. The van der Waals surface area contributed by atoms with Crippen molar-refractivity contribution in [3.8, 4) is 0 Å². The van der Waals surface area contributed by atoms with Gasteiger partial charge >= 0.3 is 92.9 Å². The summed E-state index contributed by atoms with van der Waals surface area (Å²) >= 11 is 0. The number of hydrogen-bond donors (Lipinski definition) is 1. The molecule has 12 heteroatoms. The monoisotopic (exact) mass is 330 g/mol.